The lowest BCUT2D eigenvalue weighted by Gasteiger charge is -2.05. The van der Waals surface area contributed by atoms with Crippen LogP contribution in [0.1, 0.15) is 56.8 Å². The van der Waals surface area contributed by atoms with Crippen LogP contribution in [0.5, 0.6) is 0 Å². The van der Waals surface area contributed by atoms with Crippen molar-refractivity contribution in [2.24, 2.45) is 0 Å². The second-order valence-electron chi connectivity index (χ2n) is 8.10. The predicted molar refractivity (Wildman–Crippen MR) is 142 cm³/mol. The molecule has 2 heterocycles. The average molecular weight is 537 g/mol. The van der Waals surface area contributed by atoms with E-state index in [0.29, 0.717) is 16.0 Å². The molecule has 9 nitrogen and oxygen atoms in total. The number of Topliss-reactive ketones (excluding diaryl/α,β-unsaturated/α-hetero) is 1. The largest absolute Gasteiger partial charge is 0.465 e. The quantitative estimate of drug-likeness (QED) is 0.150. The number of carbonyl (C=O) groups is 4. The van der Waals surface area contributed by atoms with Gasteiger partial charge < -0.3 is 18.8 Å². The molecule has 0 bridgehead atoms. The van der Waals surface area contributed by atoms with Crippen molar-refractivity contribution < 1.29 is 33.4 Å². The first-order valence-electron chi connectivity index (χ1n) is 12.1. The first-order chi connectivity index (χ1) is 18.2. The lowest BCUT2D eigenvalue weighted by atomic mass is 10.0. The standard InChI is InChI=1S/C28H28N2O7S/c1-5-35-24(32)16-30-15-19(20-10-8-9-11-21(20)30)12-18(14-29)22(31)13-23-25(27(33)36-6-2)17(4)26(38-23)28(34)37-7-3/h8-12,15H,5-7,13,16H2,1-4H3/b18-12+. The van der Waals surface area contributed by atoms with Gasteiger partial charge >= 0.3 is 17.9 Å². The highest BCUT2D eigenvalue weighted by Gasteiger charge is 2.28. The van der Waals surface area contributed by atoms with E-state index in [4.69, 9.17) is 14.2 Å². The Balaban J connectivity index is 2.00. The van der Waals surface area contributed by atoms with Crippen LogP contribution in [-0.2, 0) is 36.8 Å². The zero-order chi connectivity index (χ0) is 27.8. The number of hydrogen-bond donors (Lipinski definition) is 0. The van der Waals surface area contributed by atoms with E-state index in [1.165, 1.54) is 6.08 Å². The van der Waals surface area contributed by atoms with Gasteiger partial charge in [-0.15, -0.1) is 11.3 Å². The summed E-state index contributed by atoms with van der Waals surface area (Å²) in [5.41, 5.74) is 1.70. The molecule has 38 heavy (non-hydrogen) atoms. The van der Waals surface area contributed by atoms with Gasteiger partial charge in [-0.1, -0.05) is 18.2 Å². The minimum atomic E-state index is -0.649. The van der Waals surface area contributed by atoms with Crippen molar-refractivity contribution in [1.82, 2.24) is 4.57 Å². The Morgan fingerprint density at radius 3 is 2.32 bits per heavy atom. The maximum Gasteiger partial charge on any atom is 0.348 e. The molecule has 2 aromatic heterocycles. The van der Waals surface area contributed by atoms with Crippen LogP contribution in [0.3, 0.4) is 0 Å². The van der Waals surface area contributed by atoms with Crippen LogP contribution >= 0.6 is 11.3 Å². The molecule has 0 unspecified atom stereocenters. The van der Waals surface area contributed by atoms with Crippen molar-refractivity contribution in [3.05, 3.63) is 62.5 Å². The molecule has 1 aromatic carbocycles. The Morgan fingerprint density at radius 1 is 1.00 bits per heavy atom. The van der Waals surface area contributed by atoms with Crippen molar-refractivity contribution >= 4 is 52.0 Å². The van der Waals surface area contributed by atoms with Gasteiger partial charge in [0.1, 0.15) is 17.5 Å². The summed E-state index contributed by atoms with van der Waals surface area (Å²) in [4.78, 5) is 51.0. The molecular weight excluding hydrogens is 508 g/mol. The van der Waals surface area contributed by atoms with Gasteiger partial charge in [0.15, 0.2) is 5.78 Å². The van der Waals surface area contributed by atoms with Gasteiger partial charge in [0, 0.05) is 34.0 Å². The molecule has 0 saturated carbocycles. The molecule has 0 fully saturated rings. The van der Waals surface area contributed by atoms with E-state index in [2.05, 4.69) is 0 Å². The van der Waals surface area contributed by atoms with Gasteiger partial charge in [-0.2, -0.15) is 5.26 Å². The van der Waals surface area contributed by atoms with Crippen molar-refractivity contribution in [2.45, 2.75) is 40.7 Å². The molecule has 0 amide bonds. The molecule has 3 rings (SSSR count). The molecule has 0 N–H and O–H groups in total. The smallest absolute Gasteiger partial charge is 0.348 e. The summed E-state index contributed by atoms with van der Waals surface area (Å²) >= 11 is 0.981. The first-order valence-corrected chi connectivity index (χ1v) is 12.9. The van der Waals surface area contributed by atoms with E-state index in [0.717, 1.165) is 22.2 Å². The molecule has 0 saturated heterocycles. The summed E-state index contributed by atoms with van der Waals surface area (Å²) < 4.78 is 17.0. The number of aromatic nitrogens is 1. The van der Waals surface area contributed by atoms with Crippen LogP contribution < -0.4 is 0 Å². The third kappa shape index (κ3) is 6.18. The lowest BCUT2D eigenvalue weighted by Crippen LogP contribution is -2.12. The second-order valence-corrected chi connectivity index (χ2v) is 9.20. The number of ether oxygens (including phenoxy) is 3. The van der Waals surface area contributed by atoms with Gasteiger partial charge in [-0.05, 0) is 45.4 Å². The minimum Gasteiger partial charge on any atom is -0.465 e. The number of thiophene rings is 1. The Bertz CT molecular complexity index is 1460. The van der Waals surface area contributed by atoms with Crippen molar-refractivity contribution in [1.29, 1.82) is 5.26 Å². The summed E-state index contributed by atoms with van der Waals surface area (Å²) in [5, 5.41) is 10.6. The first kappa shape index (κ1) is 28.3. The molecule has 0 aliphatic heterocycles. The summed E-state index contributed by atoms with van der Waals surface area (Å²) in [7, 11) is 0. The molecule has 0 aliphatic carbocycles. The van der Waals surface area contributed by atoms with E-state index < -0.39 is 23.7 Å². The van der Waals surface area contributed by atoms with Gasteiger partial charge in [-0.3, -0.25) is 9.59 Å². The Labute approximate surface area is 224 Å². The number of allylic oxidation sites excluding steroid dienone is 1. The third-order valence-electron chi connectivity index (χ3n) is 5.63. The Hall–Kier alpha value is -4.23. The SMILES string of the molecule is CCOC(=O)Cn1cc(/C=C(\C#N)C(=O)Cc2sc(C(=O)OCC)c(C)c2C(=O)OCC)c2ccccc21. The fourth-order valence-electron chi connectivity index (χ4n) is 4.00. The van der Waals surface area contributed by atoms with Crippen molar-refractivity contribution in [3.63, 3.8) is 0 Å². The number of carbonyl (C=O) groups excluding carboxylic acids is 4. The number of esters is 3. The Morgan fingerprint density at radius 2 is 1.66 bits per heavy atom. The zero-order valence-electron chi connectivity index (χ0n) is 21.7. The van der Waals surface area contributed by atoms with E-state index in [-0.39, 0.29) is 48.8 Å². The third-order valence-corrected chi connectivity index (χ3v) is 6.90. The minimum absolute atomic E-state index is 0.0218. The second kappa shape index (κ2) is 12.8. The molecule has 0 atom stereocenters. The average Bonchev–Trinajstić information content (AvgIpc) is 3.39. The summed E-state index contributed by atoms with van der Waals surface area (Å²) in [6.07, 6.45) is 2.87. The molecule has 3 aromatic rings. The lowest BCUT2D eigenvalue weighted by molar-refractivity contribution is -0.143. The van der Waals surface area contributed by atoms with E-state index in [1.807, 2.05) is 30.3 Å². The molecule has 0 radical (unpaired) electrons. The summed E-state index contributed by atoms with van der Waals surface area (Å²) in [5.74, 6) is -2.18. The van der Waals surface area contributed by atoms with Crippen molar-refractivity contribution in [2.75, 3.05) is 19.8 Å². The Kier molecular flexibility index (Phi) is 9.57. The highest BCUT2D eigenvalue weighted by atomic mass is 32.1. The molecule has 10 heteroatoms. The normalized spacial score (nSPS) is 11.2. The molecular formula is C28H28N2O7S. The van der Waals surface area contributed by atoms with Crippen LogP contribution in [0.4, 0.5) is 0 Å². The monoisotopic (exact) mass is 536 g/mol. The maximum absolute atomic E-state index is 13.3. The number of benzene rings is 1. The number of ketones is 1. The number of hydrogen-bond acceptors (Lipinski definition) is 9. The van der Waals surface area contributed by atoms with E-state index in [9.17, 15) is 24.4 Å². The van der Waals surface area contributed by atoms with Crippen LogP contribution in [0.2, 0.25) is 0 Å². The van der Waals surface area contributed by atoms with Crippen molar-refractivity contribution in [3.8, 4) is 6.07 Å². The predicted octanol–water partition coefficient (Wildman–Crippen LogP) is 4.65. The number of nitrogens with zero attached hydrogens (tertiary/aromatic N) is 2. The van der Waals surface area contributed by atoms with Crippen LogP contribution in [0.25, 0.3) is 17.0 Å². The summed E-state index contributed by atoms with van der Waals surface area (Å²) in [6, 6.07) is 9.25. The maximum atomic E-state index is 13.3. The number of fused-ring (bicyclic) bond motifs is 1. The van der Waals surface area contributed by atoms with Gasteiger partial charge in [0.05, 0.1) is 31.0 Å². The fourth-order valence-corrected chi connectivity index (χ4v) is 5.18. The topological polar surface area (TPSA) is 125 Å². The molecule has 198 valence electrons. The number of rotatable bonds is 11. The summed E-state index contributed by atoms with van der Waals surface area (Å²) in [6.45, 7) is 7.17. The van der Waals surface area contributed by atoms with Gasteiger partial charge in [0.25, 0.3) is 0 Å². The van der Waals surface area contributed by atoms with Crippen LogP contribution in [0, 0.1) is 18.3 Å². The highest BCUT2D eigenvalue weighted by Crippen LogP contribution is 2.31. The van der Waals surface area contributed by atoms with E-state index in [1.54, 1.807) is 38.5 Å². The van der Waals surface area contributed by atoms with Crippen LogP contribution in [-0.4, -0.2) is 48.1 Å². The fraction of sp³-hybridized carbons (Fsp3) is 0.321. The number of nitriles is 1. The van der Waals surface area contributed by atoms with Gasteiger partial charge in [0.2, 0.25) is 0 Å². The zero-order valence-corrected chi connectivity index (χ0v) is 22.5. The van der Waals surface area contributed by atoms with Crippen LogP contribution in [0.15, 0.2) is 36.0 Å². The molecule has 0 aliphatic rings. The number of para-hydroxylation sites is 1. The highest BCUT2D eigenvalue weighted by molar-refractivity contribution is 7.14. The van der Waals surface area contributed by atoms with E-state index >= 15 is 0 Å². The molecule has 0 spiro atoms. The van der Waals surface area contributed by atoms with Gasteiger partial charge in [-0.25, -0.2) is 9.59 Å².